The van der Waals surface area contributed by atoms with Crippen LogP contribution in [0.4, 0.5) is 0 Å². The van der Waals surface area contributed by atoms with Gasteiger partial charge in [0.25, 0.3) is 11.7 Å². The van der Waals surface area contributed by atoms with E-state index in [4.69, 9.17) is 4.74 Å². The number of aromatic nitrogens is 1. The van der Waals surface area contributed by atoms with Crippen molar-refractivity contribution in [2.24, 2.45) is 0 Å². The Kier molecular flexibility index (Phi) is 7.22. The molecule has 6 nitrogen and oxygen atoms in total. The van der Waals surface area contributed by atoms with E-state index in [0.717, 1.165) is 31.2 Å². The fraction of sp³-hybridized carbons (Fsp3) is 0.375. The van der Waals surface area contributed by atoms with Gasteiger partial charge in [0.15, 0.2) is 0 Å². The summed E-state index contributed by atoms with van der Waals surface area (Å²) in [4.78, 5) is 31.4. The van der Waals surface area contributed by atoms with Crippen LogP contribution in [0.15, 0.2) is 54.4 Å². The maximum absolute atomic E-state index is 12.9. The summed E-state index contributed by atoms with van der Waals surface area (Å²) < 4.78 is 5.65. The Labute approximate surface area is 177 Å². The first-order valence-electron chi connectivity index (χ1n) is 10.5. The molecule has 1 aliphatic heterocycles. The second-order valence-corrected chi connectivity index (χ2v) is 7.36. The van der Waals surface area contributed by atoms with Gasteiger partial charge in [-0.05, 0) is 42.7 Å². The van der Waals surface area contributed by atoms with Gasteiger partial charge < -0.3 is 14.7 Å². The lowest BCUT2D eigenvalue weighted by atomic mass is 9.96. The molecule has 0 aliphatic carbocycles. The molecule has 6 heteroatoms. The molecule has 1 unspecified atom stereocenters. The SMILES string of the molecule is CCCCCN1C(=O)C(=O)/C(=C(\O)c2cccc(OCCC)c2)C1c1ccncc1. The zero-order valence-corrected chi connectivity index (χ0v) is 17.5. The van der Waals surface area contributed by atoms with Crippen molar-refractivity contribution in [2.45, 2.75) is 45.6 Å². The van der Waals surface area contributed by atoms with Crippen LogP contribution in [0.3, 0.4) is 0 Å². The highest BCUT2D eigenvalue weighted by Crippen LogP contribution is 2.39. The highest BCUT2D eigenvalue weighted by Gasteiger charge is 2.45. The molecule has 1 saturated heterocycles. The number of hydrogen-bond acceptors (Lipinski definition) is 5. The van der Waals surface area contributed by atoms with Crippen LogP contribution in [-0.2, 0) is 9.59 Å². The highest BCUT2D eigenvalue weighted by molar-refractivity contribution is 6.46. The lowest BCUT2D eigenvalue weighted by molar-refractivity contribution is -0.139. The van der Waals surface area contributed by atoms with E-state index in [1.807, 2.05) is 6.92 Å². The smallest absolute Gasteiger partial charge is 0.295 e. The Bertz CT molecular complexity index is 924. The fourth-order valence-corrected chi connectivity index (χ4v) is 3.64. The van der Waals surface area contributed by atoms with Gasteiger partial charge in [-0.25, -0.2) is 0 Å². The molecule has 30 heavy (non-hydrogen) atoms. The van der Waals surface area contributed by atoms with Gasteiger partial charge in [0.1, 0.15) is 11.5 Å². The second-order valence-electron chi connectivity index (χ2n) is 7.36. The van der Waals surface area contributed by atoms with Gasteiger partial charge in [-0.3, -0.25) is 14.6 Å². The average Bonchev–Trinajstić information content (AvgIpc) is 3.03. The molecule has 2 aromatic rings. The third-order valence-electron chi connectivity index (χ3n) is 5.14. The van der Waals surface area contributed by atoms with Crippen molar-refractivity contribution in [1.82, 2.24) is 9.88 Å². The number of aliphatic hydroxyl groups is 1. The van der Waals surface area contributed by atoms with Crippen molar-refractivity contribution >= 4 is 17.4 Å². The lowest BCUT2D eigenvalue weighted by Gasteiger charge is -2.25. The van der Waals surface area contributed by atoms with E-state index in [1.54, 1.807) is 53.7 Å². The van der Waals surface area contributed by atoms with Crippen LogP contribution in [0.25, 0.3) is 5.76 Å². The minimum Gasteiger partial charge on any atom is -0.507 e. The van der Waals surface area contributed by atoms with Crippen molar-refractivity contribution in [3.05, 3.63) is 65.5 Å². The topological polar surface area (TPSA) is 79.7 Å². The van der Waals surface area contributed by atoms with Crippen molar-refractivity contribution < 1.29 is 19.4 Å². The number of carbonyl (C=O) groups is 2. The molecule has 1 fully saturated rings. The second kappa shape index (κ2) is 10.1. The van der Waals surface area contributed by atoms with Gasteiger partial charge in [0, 0.05) is 24.5 Å². The van der Waals surface area contributed by atoms with E-state index in [-0.39, 0.29) is 11.3 Å². The number of unbranched alkanes of at least 4 members (excludes halogenated alkanes) is 2. The molecular weight excluding hydrogens is 380 g/mol. The number of rotatable bonds is 9. The predicted octanol–water partition coefficient (Wildman–Crippen LogP) is 4.48. The molecule has 158 valence electrons. The lowest BCUT2D eigenvalue weighted by Crippen LogP contribution is -2.30. The first kappa shape index (κ1) is 21.6. The number of aliphatic hydroxyl groups excluding tert-OH is 1. The number of pyridine rings is 1. The van der Waals surface area contributed by atoms with E-state index in [2.05, 4.69) is 11.9 Å². The molecule has 1 atom stereocenters. The maximum atomic E-state index is 12.9. The van der Waals surface area contributed by atoms with Crippen LogP contribution in [0, 0.1) is 0 Å². The highest BCUT2D eigenvalue weighted by atomic mass is 16.5. The van der Waals surface area contributed by atoms with Gasteiger partial charge >= 0.3 is 0 Å². The maximum Gasteiger partial charge on any atom is 0.295 e. The molecule has 1 aliphatic rings. The summed E-state index contributed by atoms with van der Waals surface area (Å²) in [7, 11) is 0. The predicted molar refractivity (Wildman–Crippen MR) is 115 cm³/mol. The zero-order valence-electron chi connectivity index (χ0n) is 17.5. The standard InChI is InChI=1S/C24H28N2O4/c1-3-5-6-14-26-21(17-10-12-25-13-11-17)20(23(28)24(26)29)22(27)18-8-7-9-19(16-18)30-15-4-2/h7-13,16,21,27H,3-6,14-15H2,1-2H3/b22-20-. The third kappa shape index (κ3) is 4.53. The Morgan fingerprint density at radius 2 is 1.87 bits per heavy atom. The van der Waals surface area contributed by atoms with E-state index in [9.17, 15) is 14.7 Å². The minimum absolute atomic E-state index is 0.107. The largest absolute Gasteiger partial charge is 0.507 e. The Balaban J connectivity index is 2.05. The number of hydrogen-bond donors (Lipinski definition) is 1. The monoisotopic (exact) mass is 408 g/mol. The molecule has 0 spiro atoms. The summed E-state index contributed by atoms with van der Waals surface area (Å²) >= 11 is 0. The summed E-state index contributed by atoms with van der Waals surface area (Å²) in [6.07, 6.45) is 6.88. The van der Waals surface area contributed by atoms with Crippen LogP contribution >= 0.6 is 0 Å². The summed E-state index contributed by atoms with van der Waals surface area (Å²) in [5.74, 6) is -0.813. The van der Waals surface area contributed by atoms with Crippen LogP contribution < -0.4 is 4.74 Å². The van der Waals surface area contributed by atoms with Crippen molar-refractivity contribution in [3.8, 4) is 5.75 Å². The molecule has 3 rings (SSSR count). The van der Waals surface area contributed by atoms with E-state index < -0.39 is 17.7 Å². The Morgan fingerprint density at radius 1 is 1.10 bits per heavy atom. The van der Waals surface area contributed by atoms with Crippen molar-refractivity contribution in [3.63, 3.8) is 0 Å². The third-order valence-corrected chi connectivity index (χ3v) is 5.14. The number of carbonyl (C=O) groups excluding carboxylic acids is 2. The van der Waals surface area contributed by atoms with Crippen molar-refractivity contribution in [2.75, 3.05) is 13.2 Å². The average molecular weight is 408 g/mol. The Hall–Kier alpha value is -3.15. The van der Waals surface area contributed by atoms with Crippen LogP contribution in [0.5, 0.6) is 5.75 Å². The number of likely N-dealkylation sites (tertiary alicyclic amines) is 1. The first-order chi connectivity index (χ1) is 14.6. The summed E-state index contributed by atoms with van der Waals surface area (Å²) in [5.41, 5.74) is 1.31. The zero-order chi connectivity index (χ0) is 21.5. The number of Topliss-reactive ketones (excluding diaryl/α,β-unsaturated/α-hetero) is 1. The van der Waals surface area contributed by atoms with Gasteiger partial charge in [-0.2, -0.15) is 0 Å². The molecule has 1 aromatic heterocycles. The minimum atomic E-state index is -0.661. The number of ketones is 1. The molecule has 0 radical (unpaired) electrons. The van der Waals surface area contributed by atoms with Gasteiger partial charge in [0.2, 0.25) is 0 Å². The molecule has 1 aromatic carbocycles. The van der Waals surface area contributed by atoms with E-state index in [0.29, 0.717) is 24.5 Å². The van der Waals surface area contributed by atoms with Crippen LogP contribution in [0.1, 0.15) is 56.7 Å². The Morgan fingerprint density at radius 3 is 2.57 bits per heavy atom. The molecular formula is C24H28N2O4. The molecule has 0 saturated carbocycles. The van der Waals surface area contributed by atoms with Crippen LogP contribution in [-0.4, -0.2) is 39.8 Å². The number of amides is 1. The molecule has 0 bridgehead atoms. The van der Waals surface area contributed by atoms with E-state index in [1.165, 1.54) is 0 Å². The summed E-state index contributed by atoms with van der Waals surface area (Å²) in [6, 6.07) is 9.88. The quantitative estimate of drug-likeness (QED) is 0.286. The van der Waals surface area contributed by atoms with Crippen molar-refractivity contribution in [1.29, 1.82) is 0 Å². The van der Waals surface area contributed by atoms with Crippen LogP contribution in [0.2, 0.25) is 0 Å². The molecule has 1 amide bonds. The van der Waals surface area contributed by atoms with Gasteiger partial charge in [-0.15, -0.1) is 0 Å². The van der Waals surface area contributed by atoms with E-state index >= 15 is 0 Å². The number of benzene rings is 1. The molecule has 1 N–H and O–H groups in total. The molecule has 2 heterocycles. The fourth-order valence-electron chi connectivity index (χ4n) is 3.64. The van der Waals surface area contributed by atoms with Gasteiger partial charge in [0.05, 0.1) is 18.2 Å². The summed E-state index contributed by atoms with van der Waals surface area (Å²) in [5, 5.41) is 11.1. The summed E-state index contributed by atoms with van der Waals surface area (Å²) in [6.45, 7) is 5.12. The number of nitrogens with zero attached hydrogens (tertiary/aromatic N) is 2. The van der Waals surface area contributed by atoms with Gasteiger partial charge in [-0.1, -0.05) is 38.8 Å². The first-order valence-corrected chi connectivity index (χ1v) is 10.5. The normalized spacial score (nSPS) is 18.1. The number of ether oxygens (including phenoxy) is 1.